The Bertz CT molecular complexity index is 1380. The molecule has 11 nitrogen and oxygen atoms in total. The number of ether oxygens (including phenoxy) is 3. The molecule has 0 saturated carbocycles. The van der Waals surface area contributed by atoms with Crippen LogP contribution in [0.3, 0.4) is 0 Å². The van der Waals surface area contributed by atoms with Gasteiger partial charge in [-0.1, -0.05) is 85.6 Å². The standard InChI is InChI=1S/C38H54BrN3O8/c1-8-11-18-29(44)40-27(22-48-7)32(25-16-13-12-14-17-25)49-37(47)30-31-35(45)42(28(21-43)23(4)5)34(38(31)20-26(39)33(30)50-38)36(46)41(19-10-3)24(6)15-9-2/h8,10,12-14,16-17,23-24,26-28,30-34,43H,1,3,9,11,15,18-22H2,2,4-7H3,(H,40,44)/t24?,26?,27-,28-,30-,31+,32-,33-,34-,38+/m0/s1. The summed E-state index contributed by atoms with van der Waals surface area (Å²) in [6.07, 6.45) is 4.22. The van der Waals surface area contributed by atoms with Crippen molar-refractivity contribution in [2.24, 2.45) is 17.8 Å². The predicted molar refractivity (Wildman–Crippen MR) is 193 cm³/mol. The molecule has 0 aromatic heterocycles. The molecule has 0 radical (unpaired) electrons. The molecule has 3 aliphatic heterocycles. The first-order valence-electron chi connectivity index (χ1n) is 17.7. The molecule has 2 N–H and O–H groups in total. The third-order valence-corrected chi connectivity index (χ3v) is 11.2. The fraction of sp³-hybridized carbons (Fsp3) is 0.632. The summed E-state index contributed by atoms with van der Waals surface area (Å²) in [4.78, 5) is 59.9. The number of aliphatic hydroxyl groups is 1. The molecule has 3 amide bonds. The van der Waals surface area contributed by atoms with Crippen LogP contribution in [0.1, 0.15) is 71.5 Å². The number of alkyl halides is 1. The van der Waals surface area contributed by atoms with Crippen molar-refractivity contribution >= 4 is 39.6 Å². The molecule has 4 rings (SSSR count). The van der Waals surface area contributed by atoms with E-state index in [9.17, 15) is 24.3 Å². The van der Waals surface area contributed by atoms with Gasteiger partial charge in [0.15, 0.2) is 0 Å². The number of allylic oxidation sites excluding steroid dienone is 1. The van der Waals surface area contributed by atoms with Gasteiger partial charge in [0.2, 0.25) is 17.7 Å². The van der Waals surface area contributed by atoms with Crippen molar-refractivity contribution in [1.29, 1.82) is 0 Å². The summed E-state index contributed by atoms with van der Waals surface area (Å²) in [5.41, 5.74) is -0.698. The Morgan fingerprint density at radius 3 is 2.48 bits per heavy atom. The van der Waals surface area contributed by atoms with Gasteiger partial charge in [-0.05, 0) is 37.7 Å². The number of nitrogens with zero attached hydrogens (tertiary/aromatic N) is 2. The minimum atomic E-state index is -1.34. The maximum Gasteiger partial charge on any atom is 0.313 e. The first kappa shape index (κ1) is 39.7. The lowest BCUT2D eigenvalue weighted by molar-refractivity contribution is -0.163. The summed E-state index contributed by atoms with van der Waals surface area (Å²) in [5.74, 6) is -3.90. The van der Waals surface area contributed by atoms with E-state index in [4.69, 9.17) is 14.2 Å². The Morgan fingerprint density at radius 1 is 1.20 bits per heavy atom. The molecule has 2 unspecified atom stereocenters. The molecule has 10 atom stereocenters. The highest BCUT2D eigenvalue weighted by atomic mass is 79.9. The van der Waals surface area contributed by atoms with Crippen LogP contribution in [0, 0.1) is 17.8 Å². The lowest BCUT2D eigenvalue weighted by Gasteiger charge is -2.41. The first-order chi connectivity index (χ1) is 23.9. The molecule has 3 saturated heterocycles. The summed E-state index contributed by atoms with van der Waals surface area (Å²) in [6.45, 7) is 15.3. The van der Waals surface area contributed by atoms with Crippen LogP contribution in [0.25, 0.3) is 0 Å². The normalized spacial score (nSPS) is 27.7. The van der Waals surface area contributed by atoms with Crippen molar-refractivity contribution in [3.8, 4) is 0 Å². The molecule has 3 fully saturated rings. The molecule has 3 heterocycles. The van der Waals surface area contributed by atoms with E-state index in [1.165, 1.54) is 12.0 Å². The van der Waals surface area contributed by atoms with Crippen molar-refractivity contribution in [3.05, 3.63) is 61.2 Å². The molecule has 0 aliphatic carbocycles. The minimum absolute atomic E-state index is 0.0522. The molecule has 12 heteroatoms. The topological polar surface area (TPSA) is 135 Å². The second-order valence-electron chi connectivity index (χ2n) is 14.0. The Labute approximate surface area is 304 Å². The van der Waals surface area contributed by atoms with Crippen LogP contribution < -0.4 is 5.32 Å². The number of amides is 3. The van der Waals surface area contributed by atoms with E-state index in [2.05, 4.69) is 34.4 Å². The van der Waals surface area contributed by atoms with Gasteiger partial charge in [-0.2, -0.15) is 0 Å². The van der Waals surface area contributed by atoms with Gasteiger partial charge in [-0.15, -0.1) is 13.2 Å². The van der Waals surface area contributed by atoms with Crippen LogP contribution in [0.2, 0.25) is 0 Å². The van der Waals surface area contributed by atoms with Crippen LogP contribution >= 0.6 is 15.9 Å². The number of halogens is 1. The van der Waals surface area contributed by atoms with E-state index >= 15 is 0 Å². The zero-order valence-corrected chi connectivity index (χ0v) is 31.5. The third-order valence-electron chi connectivity index (χ3n) is 10.4. The van der Waals surface area contributed by atoms with E-state index < -0.39 is 59.6 Å². The van der Waals surface area contributed by atoms with Gasteiger partial charge in [-0.25, -0.2) is 0 Å². The highest BCUT2D eigenvalue weighted by Gasteiger charge is 2.78. The van der Waals surface area contributed by atoms with Crippen molar-refractivity contribution in [1.82, 2.24) is 15.1 Å². The predicted octanol–water partition coefficient (Wildman–Crippen LogP) is 4.34. The Kier molecular flexibility index (Phi) is 13.9. The van der Waals surface area contributed by atoms with Gasteiger partial charge >= 0.3 is 5.97 Å². The van der Waals surface area contributed by atoms with Gasteiger partial charge in [0.1, 0.15) is 17.7 Å². The third kappa shape index (κ3) is 7.73. The monoisotopic (exact) mass is 759 g/mol. The zero-order chi connectivity index (χ0) is 36.7. The lowest BCUT2D eigenvalue weighted by atomic mass is 9.70. The maximum atomic E-state index is 14.8. The second-order valence-corrected chi connectivity index (χ2v) is 15.2. The van der Waals surface area contributed by atoms with Gasteiger partial charge in [0.25, 0.3) is 0 Å². The number of hydrogen-bond acceptors (Lipinski definition) is 8. The molecule has 1 spiro atoms. The van der Waals surface area contributed by atoms with Gasteiger partial charge in [0.05, 0.1) is 43.2 Å². The highest BCUT2D eigenvalue weighted by molar-refractivity contribution is 9.09. The number of nitrogens with one attached hydrogen (secondary N) is 1. The molecular formula is C38H54BrN3O8. The Morgan fingerprint density at radius 2 is 1.90 bits per heavy atom. The van der Waals surface area contributed by atoms with Crippen LogP contribution in [0.4, 0.5) is 0 Å². The van der Waals surface area contributed by atoms with E-state index in [1.807, 2.05) is 45.9 Å². The van der Waals surface area contributed by atoms with E-state index in [-0.39, 0.29) is 54.8 Å². The largest absolute Gasteiger partial charge is 0.455 e. The molecule has 3 aliphatic rings. The van der Waals surface area contributed by atoms with Crippen LogP contribution in [-0.4, -0.2) is 106 Å². The second kappa shape index (κ2) is 17.4. The molecule has 50 heavy (non-hydrogen) atoms. The summed E-state index contributed by atoms with van der Waals surface area (Å²) in [6, 6.07) is 6.43. The molecular weight excluding hydrogens is 706 g/mol. The quantitative estimate of drug-likeness (QED) is 0.121. The fourth-order valence-electron chi connectivity index (χ4n) is 8.08. The molecule has 2 bridgehead atoms. The van der Waals surface area contributed by atoms with E-state index in [0.29, 0.717) is 18.4 Å². The highest BCUT2D eigenvalue weighted by Crippen LogP contribution is 2.61. The average Bonchev–Trinajstić information content (AvgIpc) is 3.68. The number of carbonyl (C=O) groups is 4. The van der Waals surface area contributed by atoms with Crippen molar-refractivity contribution in [2.45, 2.75) is 107 Å². The first-order valence-corrected chi connectivity index (χ1v) is 18.6. The maximum absolute atomic E-state index is 14.8. The van der Waals surface area contributed by atoms with Crippen molar-refractivity contribution < 1.29 is 38.5 Å². The number of fused-ring (bicyclic) bond motifs is 1. The molecule has 276 valence electrons. The summed E-state index contributed by atoms with van der Waals surface area (Å²) >= 11 is 3.74. The van der Waals surface area contributed by atoms with E-state index in [0.717, 1.165) is 12.8 Å². The van der Waals surface area contributed by atoms with Crippen LogP contribution in [0.15, 0.2) is 55.6 Å². The number of esters is 1. The summed E-state index contributed by atoms with van der Waals surface area (Å²) in [5, 5.41) is 13.6. The fourth-order valence-corrected chi connectivity index (χ4v) is 9.02. The number of likely N-dealkylation sites (tertiary alicyclic amines) is 1. The number of methoxy groups -OCH3 is 1. The number of rotatable bonds is 19. The van der Waals surface area contributed by atoms with Crippen molar-refractivity contribution in [2.75, 3.05) is 26.9 Å². The summed E-state index contributed by atoms with van der Waals surface area (Å²) in [7, 11) is 1.50. The van der Waals surface area contributed by atoms with Crippen LogP contribution in [-0.2, 0) is 33.4 Å². The number of benzene rings is 1. The number of hydrogen-bond donors (Lipinski definition) is 2. The van der Waals surface area contributed by atoms with E-state index in [1.54, 1.807) is 29.2 Å². The zero-order valence-electron chi connectivity index (χ0n) is 30.0. The van der Waals surface area contributed by atoms with Crippen LogP contribution in [0.5, 0.6) is 0 Å². The SMILES string of the molecule is C=CCCC(=O)N[C@@H](COC)[C@@H](OC(=O)[C@@H]1[C@H]2O[C@@]3(CC2Br)[C@H](C(=O)N(CC=C)C(C)CCC)N([C@@H](CO)C(C)C)C(=O)[C@@H]13)c1ccccc1. The average molecular weight is 761 g/mol. The Balaban J connectivity index is 1.77. The molecule has 1 aromatic rings. The van der Waals surface area contributed by atoms with Gasteiger partial charge < -0.3 is 34.4 Å². The van der Waals surface area contributed by atoms with Gasteiger partial charge in [0, 0.05) is 30.9 Å². The lowest BCUT2D eigenvalue weighted by Crippen LogP contribution is -2.61. The Hall–Kier alpha value is -3.06. The molecule has 1 aromatic carbocycles. The smallest absolute Gasteiger partial charge is 0.313 e. The minimum Gasteiger partial charge on any atom is -0.455 e. The summed E-state index contributed by atoms with van der Waals surface area (Å²) < 4.78 is 18.5. The van der Waals surface area contributed by atoms with Gasteiger partial charge in [-0.3, -0.25) is 19.2 Å². The van der Waals surface area contributed by atoms with Crippen molar-refractivity contribution in [3.63, 3.8) is 0 Å². The number of carbonyl (C=O) groups excluding carboxylic acids is 4. The number of aliphatic hydroxyl groups excluding tert-OH is 1.